The van der Waals surface area contributed by atoms with Crippen LogP contribution in [0, 0.1) is 5.92 Å². The van der Waals surface area contributed by atoms with Gasteiger partial charge in [0, 0.05) is 24.0 Å². The number of hydrogen-bond acceptors (Lipinski definition) is 6. The van der Waals surface area contributed by atoms with E-state index < -0.39 is 0 Å². The lowest BCUT2D eigenvalue weighted by molar-refractivity contribution is -0.131. The average Bonchev–Trinajstić information content (AvgIpc) is 3.30. The van der Waals surface area contributed by atoms with Crippen LogP contribution >= 0.6 is 11.3 Å². The summed E-state index contributed by atoms with van der Waals surface area (Å²) >= 11 is 1.55. The molecule has 6 nitrogen and oxygen atoms in total. The fraction of sp³-hybridized carbons (Fsp3) is 0.444. The van der Waals surface area contributed by atoms with Gasteiger partial charge in [-0.1, -0.05) is 0 Å². The maximum absolute atomic E-state index is 12.5. The molecule has 1 aromatic carbocycles. The molecular weight excluding hydrogens is 338 g/mol. The summed E-state index contributed by atoms with van der Waals surface area (Å²) in [6.45, 7) is 2.59. The number of nitrogens with two attached hydrogens (primary N) is 1. The Labute approximate surface area is 150 Å². The van der Waals surface area contributed by atoms with Crippen LogP contribution in [0.3, 0.4) is 0 Å². The zero-order chi connectivity index (χ0) is 17.2. The average molecular weight is 359 g/mol. The SMILES string of the molecule is NCC1CCN(C(=O)Cc2csc(-c3ccc4c(c3)OCO4)n2)CC1. The topological polar surface area (TPSA) is 77.7 Å². The van der Waals surface area contributed by atoms with Crippen LogP contribution in [0.25, 0.3) is 10.6 Å². The molecule has 1 aromatic heterocycles. The lowest BCUT2D eigenvalue weighted by Crippen LogP contribution is -2.40. The molecule has 2 aromatic rings. The third kappa shape index (κ3) is 3.48. The highest BCUT2D eigenvalue weighted by Gasteiger charge is 2.23. The first kappa shape index (κ1) is 16.4. The molecule has 0 saturated carbocycles. The predicted molar refractivity (Wildman–Crippen MR) is 95.7 cm³/mol. The van der Waals surface area contributed by atoms with Crippen LogP contribution in [0.2, 0.25) is 0 Å². The van der Waals surface area contributed by atoms with Crippen molar-refractivity contribution in [2.75, 3.05) is 26.4 Å². The van der Waals surface area contributed by atoms with E-state index in [9.17, 15) is 4.79 Å². The normalized spacial score (nSPS) is 17.1. The highest BCUT2D eigenvalue weighted by atomic mass is 32.1. The third-order valence-electron chi connectivity index (χ3n) is 4.80. The Morgan fingerprint density at radius 2 is 2.08 bits per heavy atom. The van der Waals surface area contributed by atoms with Crippen LogP contribution < -0.4 is 15.2 Å². The van der Waals surface area contributed by atoms with Crippen molar-refractivity contribution in [2.24, 2.45) is 11.7 Å². The second kappa shape index (κ2) is 7.01. The molecule has 2 aliphatic heterocycles. The minimum absolute atomic E-state index is 0.151. The number of rotatable bonds is 4. The molecule has 0 atom stereocenters. The molecule has 0 unspecified atom stereocenters. The van der Waals surface area contributed by atoms with Crippen molar-refractivity contribution in [1.82, 2.24) is 9.88 Å². The summed E-state index contributed by atoms with van der Waals surface area (Å²) in [5.41, 5.74) is 7.52. The number of nitrogens with zero attached hydrogens (tertiary/aromatic N) is 2. The van der Waals surface area contributed by atoms with E-state index >= 15 is 0 Å². The Bertz CT molecular complexity index is 769. The zero-order valence-corrected chi connectivity index (χ0v) is 14.8. The summed E-state index contributed by atoms with van der Waals surface area (Å²) in [4.78, 5) is 19.0. The number of likely N-dealkylation sites (tertiary alicyclic amines) is 1. The minimum Gasteiger partial charge on any atom is -0.454 e. The lowest BCUT2D eigenvalue weighted by Gasteiger charge is -2.31. The predicted octanol–water partition coefficient (Wildman–Crippen LogP) is 2.28. The molecule has 0 radical (unpaired) electrons. The Kier molecular flexibility index (Phi) is 4.59. The van der Waals surface area contributed by atoms with Crippen molar-refractivity contribution >= 4 is 17.2 Å². The summed E-state index contributed by atoms with van der Waals surface area (Å²) in [5.74, 6) is 2.21. The van der Waals surface area contributed by atoms with Crippen molar-refractivity contribution in [3.63, 3.8) is 0 Å². The molecule has 7 heteroatoms. The monoisotopic (exact) mass is 359 g/mol. The molecule has 4 rings (SSSR count). The smallest absolute Gasteiger partial charge is 0.231 e. The van der Waals surface area contributed by atoms with Gasteiger partial charge in [-0.2, -0.15) is 0 Å². The summed E-state index contributed by atoms with van der Waals surface area (Å²) in [7, 11) is 0. The molecule has 0 aliphatic carbocycles. The van der Waals surface area contributed by atoms with Gasteiger partial charge in [-0.25, -0.2) is 4.98 Å². The molecule has 25 heavy (non-hydrogen) atoms. The van der Waals surface area contributed by atoms with Gasteiger partial charge >= 0.3 is 0 Å². The fourth-order valence-electron chi connectivity index (χ4n) is 3.24. The number of amides is 1. The van der Waals surface area contributed by atoms with Crippen molar-refractivity contribution in [2.45, 2.75) is 19.3 Å². The second-order valence-electron chi connectivity index (χ2n) is 6.45. The molecule has 2 N–H and O–H groups in total. The zero-order valence-electron chi connectivity index (χ0n) is 13.9. The minimum atomic E-state index is 0.151. The highest BCUT2D eigenvalue weighted by Crippen LogP contribution is 2.36. The molecule has 2 aliphatic rings. The lowest BCUT2D eigenvalue weighted by atomic mass is 9.97. The number of ether oxygens (including phenoxy) is 2. The largest absolute Gasteiger partial charge is 0.454 e. The van der Waals surface area contributed by atoms with Crippen LogP contribution in [0.5, 0.6) is 11.5 Å². The standard InChI is InChI=1S/C18H21N3O3S/c19-9-12-3-5-21(6-4-12)17(22)8-14-10-25-18(20-14)13-1-2-15-16(7-13)24-11-23-15/h1-2,7,10,12H,3-6,8-9,11,19H2. The molecule has 1 saturated heterocycles. The number of piperidine rings is 1. The van der Waals surface area contributed by atoms with Gasteiger partial charge in [-0.05, 0) is 43.5 Å². The molecule has 1 amide bonds. The molecule has 0 bridgehead atoms. The molecule has 0 spiro atoms. The number of hydrogen-bond donors (Lipinski definition) is 1. The Balaban J connectivity index is 1.41. The second-order valence-corrected chi connectivity index (χ2v) is 7.31. The van der Waals surface area contributed by atoms with Gasteiger partial charge in [-0.3, -0.25) is 4.79 Å². The maximum atomic E-state index is 12.5. The van der Waals surface area contributed by atoms with Crippen LogP contribution in [0.1, 0.15) is 18.5 Å². The van der Waals surface area contributed by atoms with Gasteiger partial charge in [-0.15, -0.1) is 11.3 Å². The Morgan fingerprint density at radius 3 is 2.88 bits per heavy atom. The van der Waals surface area contributed by atoms with Gasteiger partial charge in [0.15, 0.2) is 11.5 Å². The van der Waals surface area contributed by atoms with E-state index in [1.807, 2.05) is 28.5 Å². The number of benzene rings is 1. The van der Waals surface area contributed by atoms with Crippen LogP contribution in [-0.2, 0) is 11.2 Å². The van der Waals surface area contributed by atoms with Gasteiger partial charge < -0.3 is 20.1 Å². The van der Waals surface area contributed by atoms with E-state index in [0.717, 1.165) is 53.7 Å². The number of fused-ring (bicyclic) bond motifs is 1. The maximum Gasteiger partial charge on any atom is 0.231 e. The summed E-state index contributed by atoms with van der Waals surface area (Å²) in [6.07, 6.45) is 2.36. The molecular formula is C18H21N3O3S. The van der Waals surface area contributed by atoms with Gasteiger partial charge in [0.05, 0.1) is 12.1 Å². The van der Waals surface area contributed by atoms with Crippen LogP contribution in [0.15, 0.2) is 23.6 Å². The van der Waals surface area contributed by atoms with Gasteiger partial charge in [0.2, 0.25) is 12.7 Å². The molecule has 132 valence electrons. The molecule has 1 fully saturated rings. The van der Waals surface area contributed by atoms with Crippen molar-refractivity contribution in [1.29, 1.82) is 0 Å². The Morgan fingerprint density at radius 1 is 1.28 bits per heavy atom. The summed E-state index contributed by atoms with van der Waals surface area (Å²) in [6, 6.07) is 5.80. The summed E-state index contributed by atoms with van der Waals surface area (Å²) in [5, 5.41) is 2.85. The van der Waals surface area contributed by atoms with Crippen molar-refractivity contribution < 1.29 is 14.3 Å². The Hall–Kier alpha value is -2.12. The first-order valence-corrected chi connectivity index (χ1v) is 9.43. The van der Waals surface area contributed by atoms with E-state index in [2.05, 4.69) is 4.98 Å². The number of carbonyl (C=O) groups excluding carboxylic acids is 1. The number of thiazole rings is 1. The van der Waals surface area contributed by atoms with Crippen LogP contribution in [0.4, 0.5) is 0 Å². The third-order valence-corrected chi connectivity index (χ3v) is 5.74. The number of carbonyl (C=O) groups is 1. The molecule has 3 heterocycles. The number of aromatic nitrogens is 1. The highest BCUT2D eigenvalue weighted by molar-refractivity contribution is 7.13. The van der Waals surface area contributed by atoms with Gasteiger partial charge in [0.25, 0.3) is 0 Å². The van der Waals surface area contributed by atoms with E-state index in [-0.39, 0.29) is 12.7 Å². The first-order chi connectivity index (χ1) is 12.2. The van der Waals surface area contributed by atoms with Gasteiger partial charge in [0.1, 0.15) is 5.01 Å². The van der Waals surface area contributed by atoms with Crippen LogP contribution in [-0.4, -0.2) is 42.2 Å². The van der Waals surface area contributed by atoms with Crippen molar-refractivity contribution in [3.8, 4) is 22.1 Å². The quantitative estimate of drug-likeness (QED) is 0.906. The van der Waals surface area contributed by atoms with E-state index in [4.69, 9.17) is 15.2 Å². The fourth-order valence-corrected chi connectivity index (χ4v) is 4.05. The van der Waals surface area contributed by atoms with Crippen molar-refractivity contribution in [3.05, 3.63) is 29.3 Å². The van der Waals surface area contributed by atoms with E-state index in [1.165, 1.54) is 0 Å². The first-order valence-electron chi connectivity index (χ1n) is 8.55. The van der Waals surface area contributed by atoms with E-state index in [0.29, 0.717) is 18.9 Å². The summed E-state index contributed by atoms with van der Waals surface area (Å²) < 4.78 is 10.7. The van der Waals surface area contributed by atoms with E-state index in [1.54, 1.807) is 11.3 Å².